The monoisotopic (exact) mass is 547 g/mol. The zero-order valence-electron chi connectivity index (χ0n) is 28.2. The highest BCUT2D eigenvalue weighted by atomic mass is 15.1. The van der Waals surface area contributed by atoms with Gasteiger partial charge in [0.2, 0.25) is 0 Å². The quantitative estimate of drug-likeness (QED) is 0.148. The van der Waals surface area contributed by atoms with Gasteiger partial charge in [-0.1, -0.05) is 120 Å². The van der Waals surface area contributed by atoms with Crippen LogP contribution in [0.3, 0.4) is 0 Å². The first-order valence-corrected chi connectivity index (χ1v) is 18.1. The van der Waals surface area contributed by atoms with Crippen LogP contribution in [0.2, 0.25) is 0 Å². The molecule has 0 bridgehead atoms. The first-order valence-electron chi connectivity index (χ1n) is 18.1. The van der Waals surface area contributed by atoms with Crippen LogP contribution in [0.1, 0.15) is 171 Å². The molecule has 4 unspecified atom stereocenters. The largest absolute Gasteiger partial charge is 0.301 e. The molecule has 0 aliphatic heterocycles. The Morgan fingerprint density at radius 3 is 0.923 bits per heavy atom. The molecule has 2 heteroatoms. The van der Waals surface area contributed by atoms with Gasteiger partial charge in [-0.2, -0.15) is 0 Å². The minimum absolute atomic E-state index is 0.730. The fourth-order valence-electron chi connectivity index (χ4n) is 8.18. The lowest BCUT2D eigenvalue weighted by atomic mass is 9.72. The molecule has 0 amide bonds. The molecule has 2 saturated carbocycles. The van der Waals surface area contributed by atoms with Gasteiger partial charge in [0.05, 0.1) is 0 Å². The van der Waals surface area contributed by atoms with Crippen molar-refractivity contribution in [2.24, 2.45) is 47.3 Å². The van der Waals surface area contributed by atoms with Crippen LogP contribution in [0.4, 0.5) is 0 Å². The third-order valence-electron chi connectivity index (χ3n) is 10.4. The number of hydrogen-bond acceptors (Lipinski definition) is 2. The summed E-state index contributed by atoms with van der Waals surface area (Å²) in [7, 11) is 0. The minimum Gasteiger partial charge on any atom is -0.301 e. The molecule has 2 rings (SSSR count). The SMILES string of the molecule is CC(C)CCCC1CCCC(CCCC(C)C)C1NCNC1C(CCCC(C)C)CCCC1CCCC(C)C. The molecule has 232 valence electrons. The molecular weight excluding hydrogens is 472 g/mol. The van der Waals surface area contributed by atoms with Crippen molar-refractivity contribution in [3.63, 3.8) is 0 Å². The van der Waals surface area contributed by atoms with E-state index in [2.05, 4.69) is 66.0 Å². The Balaban J connectivity index is 2.03. The van der Waals surface area contributed by atoms with Gasteiger partial charge in [-0.3, -0.25) is 0 Å². The molecular formula is C37H74N2. The van der Waals surface area contributed by atoms with Gasteiger partial charge in [0.1, 0.15) is 0 Å². The molecule has 2 aliphatic carbocycles. The second-order valence-electron chi connectivity index (χ2n) is 15.8. The smallest absolute Gasteiger partial charge is 0.0458 e. The van der Waals surface area contributed by atoms with Crippen LogP contribution < -0.4 is 10.6 Å². The van der Waals surface area contributed by atoms with Gasteiger partial charge in [0, 0.05) is 18.8 Å². The maximum Gasteiger partial charge on any atom is 0.0458 e. The summed E-state index contributed by atoms with van der Waals surface area (Å²) in [5.41, 5.74) is 0. The highest BCUT2D eigenvalue weighted by molar-refractivity contribution is 4.91. The van der Waals surface area contributed by atoms with Crippen molar-refractivity contribution >= 4 is 0 Å². The molecule has 2 N–H and O–H groups in total. The van der Waals surface area contributed by atoms with Crippen molar-refractivity contribution in [3.8, 4) is 0 Å². The van der Waals surface area contributed by atoms with E-state index in [1.54, 1.807) is 0 Å². The van der Waals surface area contributed by atoms with Crippen LogP contribution in [0, 0.1) is 47.3 Å². The molecule has 0 aromatic rings. The van der Waals surface area contributed by atoms with E-state index < -0.39 is 0 Å². The maximum absolute atomic E-state index is 4.22. The van der Waals surface area contributed by atoms with E-state index in [-0.39, 0.29) is 0 Å². The third kappa shape index (κ3) is 14.6. The molecule has 4 atom stereocenters. The van der Waals surface area contributed by atoms with E-state index in [1.807, 2.05) is 0 Å². The van der Waals surface area contributed by atoms with Crippen LogP contribution in [0.5, 0.6) is 0 Å². The Morgan fingerprint density at radius 2 is 0.692 bits per heavy atom. The third-order valence-corrected chi connectivity index (χ3v) is 10.4. The van der Waals surface area contributed by atoms with Crippen LogP contribution >= 0.6 is 0 Å². The number of rotatable bonds is 20. The van der Waals surface area contributed by atoms with Gasteiger partial charge in [0.25, 0.3) is 0 Å². The molecule has 2 nitrogen and oxygen atoms in total. The van der Waals surface area contributed by atoms with Gasteiger partial charge in [-0.05, 0) is 98.7 Å². The molecule has 0 spiro atoms. The Hall–Kier alpha value is -0.0800. The predicted molar refractivity (Wildman–Crippen MR) is 175 cm³/mol. The van der Waals surface area contributed by atoms with Crippen molar-refractivity contribution in [3.05, 3.63) is 0 Å². The zero-order chi connectivity index (χ0) is 28.6. The number of nitrogens with one attached hydrogen (secondary N) is 2. The molecule has 0 aromatic heterocycles. The normalized spacial score (nSPS) is 28.3. The summed E-state index contributed by atoms with van der Waals surface area (Å²) in [6, 6.07) is 1.46. The molecule has 0 saturated heterocycles. The Bertz CT molecular complexity index is 488. The van der Waals surface area contributed by atoms with E-state index in [4.69, 9.17) is 0 Å². The summed E-state index contributed by atoms with van der Waals surface area (Å²) < 4.78 is 0. The summed E-state index contributed by atoms with van der Waals surface area (Å²) in [4.78, 5) is 0. The lowest BCUT2D eigenvalue weighted by molar-refractivity contribution is 0.131. The summed E-state index contributed by atoms with van der Waals surface area (Å²) in [6.45, 7) is 20.2. The van der Waals surface area contributed by atoms with Gasteiger partial charge < -0.3 is 10.6 Å². The van der Waals surface area contributed by atoms with Crippen LogP contribution in [0.15, 0.2) is 0 Å². The van der Waals surface area contributed by atoms with Crippen molar-refractivity contribution in [2.75, 3.05) is 6.67 Å². The lowest BCUT2D eigenvalue weighted by Gasteiger charge is -2.42. The first-order chi connectivity index (χ1) is 18.7. The summed E-state index contributed by atoms with van der Waals surface area (Å²) >= 11 is 0. The van der Waals surface area contributed by atoms with Crippen LogP contribution in [0.25, 0.3) is 0 Å². The van der Waals surface area contributed by atoms with Gasteiger partial charge in [0.15, 0.2) is 0 Å². The fourth-order valence-corrected chi connectivity index (χ4v) is 8.18. The highest BCUT2D eigenvalue weighted by Crippen LogP contribution is 2.38. The van der Waals surface area contributed by atoms with Crippen molar-refractivity contribution in [1.82, 2.24) is 10.6 Å². The highest BCUT2D eigenvalue weighted by Gasteiger charge is 2.35. The van der Waals surface area contributed by atoms with E-state index in [1.165, 1.54) is 116 Å². The topological polar surface area (TPSA) is 24.1 Å². The molecule has 0 radical (unpaired) electrons. The molecule has 39 heavy (non-hydrogen) atoms. The van der Waals surface area contributed by atoms with Gasteiger partial charge >= 0.3 is 0 Å². The van der Waals surface area contributed by atoms with Crippen molar-refractivity contribution in [2.45, 2.75) is 183 Å². The molecule has 0 aromatic carbocycles. The Morgan fingerprint density at radius 1 is 0.436 bits per heavy atom. The van der Waals surface area contributed by atoms with Crippen LogP contribution in [-0.2, 0) is 0 Å². The first kappa shape index (κ1) is 35.1. The Labute approximate surface area is 247 Å². The molecule has 0 heterocycles. The van der Waals surface area contributed by atoms with E-state index in [9.17, 15) is 0 Å². The maximum atomic E-state index is 4.22. The number of hydrogen-bond donors (Lipinski definition) is 2. The fraction of sp³-hybridized carbons (Fsp3) is 1.00. The second-order valence-corrected chi connectivity index (χ2v) is 15.8. The van der Waals surface area contributed by atoms with E-state index >= 15 is 0 Å². The zero-order valence-corrected chi connectivity index (χ0v) is 28.2. The van der Waals surface area contributed by atoms with Crippen molar-refractivity contribution in [1.29, 1.82) is 0 Å². The summed E-state index contributed by atoms with van der Waals surface area (Å²) in [6.07, 6.45) is 25.8. The lowest BCUT2D eigenvalue weighted by Crippen LogP contribution is -2.53. The predicted octanol–water partition coefficient (Wildman–Crippen LogP) is 11.0. The minimum atomic E-state index is 0.730. The van der Waals surface area contributed by atoms with Crippen LogP contribution in [-0.4, -0.2) is 18.8 Å². The Kier molecular flexibility index (Phi) is 18.0. The van der Waals surface area contributed by atoms with Gasteiger partial charge in [-0.25, -0.2) is 0 Å². The standard InChI is InChI=1S/C37H74N2/c1-28(2)15-9-19-32-23-13-24-33(20-10-16-29(3)4)36(32)38-27-39-37-34(21-11-17-30(5)6)25-14-26-35(37)22-12-18-31(7)8/h28-39H,9-27H2,1-8H3. The average Bonchev–Trinajstić information content (AvgIpc) is 2.85. The van der Waals surface area contributed by atoms with E-state index in [0.717, 1.165) is 66.1 Å². The molecule has 2 fully saturated rings. The average molecular weight is 547 g/mol. The summed E-state index contributed by atoms with van der Waals surface area (Å²) in [5, 5.41) is 8.45. The van der Waals surface area contributed by atoms with Gasteiger partial charge in [-0.15, -0.1) is 0 Å². The summed E-state index contributed by atoms with van der Waals surface area (Å²) in [5.74, 6) is 6.92. The molecule has 2 aliphatic rings. The van der Waals surface area contributed by atoms with Crippen molar-refractivity contribution < 1.29 is 0 Å². The van der Waals surface area contributed by atoms with E-state index in [0.29, 0.717) is 0 Å². The second kappa shape index (κ2) is 19.9.